The van der Waals surface area contributed by atoms with Crippen LogP contribution in [0.1, 0.15) is 30.3 Å². The van der Waals surface area contributed by atoms with E-state index < -0.39 is 6.10 Å². The SMILES string of the molecule is CCOC(=O)C(Cc1ccccc1OCCC=C1c2ncccc2-c2cccnc21)OC. The Kier molecular flexibility index (Phi) is 6.92. The highest BCUT2D eigenvalue weighted by Crippen LogP contribution is 2.41. The maximum absolute atomic E-state index is 12.1. The lowest BCUT2D eigenvalue weighted by molar-refractivity contribution is -0.154. The van der Waals surface area contributed by atoms with E-state index in [4.69, 9.17) is 14.2 Å². The number of methoxy groups -OCH3 is 1. The van der Waals surface area contributed by atoms with Crippen molar-refractivity contribution in [3.8, 4) is 16.9 Å². The lowest BCUT2D eigenvalue weighted by Gasteiger charge is -2.16. The summed E-state index contributed by atoms with van der Waals surface area (Å²) < 4.78 is 16.5. The van der Waals surface area contributed by atoms with E-state index in [1.54, 1.807) is 19.3 Å². The fourth-order valence-electron chi connectivity index (χ4n) is 3.86. The number of pyridine rings is 2. The zero-order valence-electron chi connectivity index (χ0n) is 18.3. The monoisotopic (exact) mass is 430 g/mol. The molecule has 0 fully saturated rings. The van der Waals surface area contributed by atoms with Gasteiger partial charge in [-0.2, -0.15) is 0 Å². The largest absolute Gasteiger partial charge is 0.493 e. The number of rotatable bonds is 9. The molecule has 0 radical (unpaired) electrons. The highest BCUT2D eigenvalue weighted by molar-refractivity contribution is 5.98. The van der Waals surface area contributed by atoms with E-state index in [1.807, 2.05) is 36.4 Å². The van der Waals surface area contributed by atoms with Gasteiger partial charge in [0.05, 0.1) is 24.6 Å². The first-order valence-corrected chi connectivity index (χ1v) is 10.7. The molecule has 1 aliphatic carbocycles. The molecule has 0 saturated heterocycles. The second-order valence-electron chi connectivity index (χ2n) is 7.34. The van der Waals surface area contributed by atoms with Crippen LogP contribution >= 0.6 is 0 Å². The first-order chi connectivity index (χ1) is 15.7. The number of aromatic nitrogens is 2. The molecule has 1 aliphatic rings. The molecule has 0 N–H and O–H groups in total. The second kappa shape index (κ2) is 10.2. The normalized spacial score (nSPS) is 12.6. The molecule has 1 unspecified atom stereocenters. The van der Waals surface area contributed by atoms with Gasteiger partial charge in [-0.3, -0.25) is 9.97 Å². The van der Waals surface area contributed by atoms with Gasteiger partial charge in [0.1, 0.15) is 5.75 Å². The summed E-state index contributed by atoms with van der Waals surface area (Å²) in [6.07, 6.45) is 6.17. The van der Waals surface area contributed by atoms with E-state index in [9.17, 15) is 4.79 Å². The zero-order chi connectivity index (χ0) is 22.3. The molecule has 1 atom stereocenters. The van der Waals surface area contributed by atoms with Crippen LogP contribution in [0.4, 0.5) is 0 Å². The minimum atomic E-state index is -0.662. The van der Waals surface area contributed by atoms with E-state index in [0.717, 1.165) is 39.4 Å². The van der Waals surface area contributed by atoms with Crippen molar-refractivity contribution in [3.05, 3.63) is 84.0 Å². The van der Waals surface area contributed by atoms with Gasteiger partial charge in [0, 0.05) is 49.0 Å². The van der Waals surface area contributed by atoms with Gasteiger partial charge in [-0.15, -0.1) is 0 Å². The van der Waals surface area contributed by atoms with E-state index in [-0.39, 0.29) is 5.97 Å². The van der Waals surface area contributed by atoms with Crippen molar-refractivity contribution >= 4 is 11.5 Å². The third kappa shape index (κ3) is 4.55. The van der Waals surface area contributed by atoms with Crippen molar-refractivity contribution in [2.75, 3.05) is 20.3 Å². The first-order valence-electron chi connectivity index (χ1n) is 10.7. The molecule has 0 spiro atoms. The third-order valence-electron chi connectivity index (χ3n) is 5.35. The predicted molar refractivity (Wildman–Crippen MR) is 122 cm³/mol. The highest BCUT2D eigenvalue weighted by Gasteiger charge is 2.25. The van der Waals surface area contributed by atoms with Crippen LogP contribution in [0.3, 0.4) is 0 Å². The van der Waals surface area contributed by atoms with E-state index in [0.29, 0.717) is 26.1 Å². The fourth-order valence-corrected chi connectivity index (χ4v) is 3.86. The van der Waals surface area contributed by atoms with E-state index in [1.165, 1.54) is 7.11 Å². The molecule has 32 heavy (non-hydrogen) atoms. The Bertz CT molecular complexity index is 1080. The van der Waals surface area contributed by atoms with Crippen LogP contribution in [0, 0.1) is 0 Å². The summed E-state index contributed by atoms with van der Waals surface area (Å²) in [6, 6.07) is 15.7. The Morgan fingerprint density at radius 2 is 1.69 bits per heavy atom. The van der Waals surface area contributed by atoms with Gasteiger partial charge in [0.25, 0.3) is 0 Å². The number of nitrogens with zero attached hydrogens (tertiary/aromatic N) is 2. The van der Waals surface area contributed by atoms with Crippen molar-refractivity contribution < 1.29 is 19.0 Å². The molecule has 3 aromatic rings. The smallest absolute Gasteiger partial charge is 0.335 e. The van der Waals surface area contributed by atoms with Crippen molar-refractivity contribution in [1.29, 1.82) is 0 Å². The molecule has 0 saturated carbocycles. The third-order valence-corrected chi connectivity index (χ3v) is 5.35. The van der Waals surface area contributed by atoms with Crippen LogP contribution in [0.15, 0.2) is 67.0 Å². The van der Waals surface area contributed by atoms with Crippen molar-refractivity contribution in [2.24, 2.45) is 0 Å². The molecule has 2 heterocycles. The lowest BCUT2D eigenvalue weighted by Crippen LogP contribution is -2.27. The topological polar surface area (TPSA) is 70.5 Å². The maximum atomic E-state index is 12.1. The van der Waals surface area contributed by atoms with E-state index >= 15 is 0 Å². The zero-order valence-corrected chi connectivity index (χ0v) is 18.3. The molecular formula is C26H26N2O4. The summed E-state index contributed by atoms with van der Waals surface area (Å²) in [5, 5.41) is 0. The molecule has 4 rings (SSSR count). The average molecular weight is 431 g/mol. The second-order valence-corrected chi connectivity index (χ2v) is 7.34. The number of ether oxygens (including phenoxy) is 3. The summed E-state index contributed by atoms with van der Waals surface area (Å²) >= 11 is 0. The summed E-state index contributed by atoms with van der Waals surface area (Å²) in [6.45, 7) is 2.59. The van der Waals surface area contributed by atoms with E-state index in [2.05, 4.69) is 28.2 Å². The Hall–Kier alpha value is -3.51. The molecule has 0 amide bonds. The van der Waals surface area contributed by atoms with Gasteiger partial charge in [-0.1, -0.05) is 36.4 Å². The first kappa shape index (κ1) is 21.7. The molecule has 2 aromatic heterocycles. The summed E-state index contributed by atoms with van der Waals surface area (Å²) in [5.74, 6) is 0.369. The van der Waals surface area contributed by atoms with Gasteiger partial charge in [-0.05, 0) is 30.7 Å². The van der Waals surface area contributed by atoms with Crippen LogP contribution in [0.5, 0.6) is 5.75 Å². The molecule has 1 aromatic carbocycles. The number of para-hydroxylation sites is 1. The molecule has 164 valence electrons. The van der Waals surface area contributed by atoms with Gasteiger partial charge in [-0.25, -0.2) is 4.79 Å². The van der Waals surface area contributed by atoms with Crippen LogP contribution < -0.4 is 4.74 Å². The fraction of sp³-hybridized carbons (Fsp3) is 0.269. The molecule has 6 nitrogen and oxygen atoms in total. The quantitative estimate of drug-likeness (QED) is 0.288. The Balaban J connectivity index is 1.45. The summed E-state index contributed by atoms with van der Waals surface area (Å²) in [7, 11) is 1.51. The Labute approximate surface area is 187 Å². The number of carbonyl (C=O) groups excluding carboxylic acids is 1. The minimum Gasteiger partial charge on any atom is -0.493 e. The number of hydrogen-bond acceptors (Lipinski definition) is 6. The van der Waals surface area contributed by atoms with Crippen LogP contribution in [-0.2, 0) is 20.7 Å². The van der Waals surface area contributed by atoms with Crippen LogP contribution in [-0.4, -0.2) is 42.4 Å². The predicted octanol–water partition coefficient (Wildman–Crippen LogP) is 4.48. The van der Waals surface area contributed by atoms with Crippen molar-refractivity contribution in [1.82, 2.24) is 9.97 Å². The number of carbonyl (C=O) groups is 1. The van der Waals surface area contributed by atoms with Gasteiger partial charge in [0.2, 0.25) is 0 Å². The van der Waals surface area contributed by atoms with Gasteiger partial charge in [0.15, 0.2) is 6.10 Å². The number of benzene rings is 1. The van der Waals surface area contributed by atoms with Crippen LogP contribution in [0.25, 0.3) is 16.7 Å². The Morgan fingerprint density at radius 3 is 2.34 bits per heavy atom. The number of esters is 1. The number of fused-ring (bicyclic) bond motifs is 3. The standard InChI is InChI=1S/C26H26N2O4/c1-3-31-26(29)23(30-2)17-18-9-4-5-13-22(18)32-16-8-12-21-24-19(10-6-14-27-24)20-11-7-15-28-25(20)21/h4-7,9-15,23H,3,8,16-17H2,1-2H3. The molecule has 0 aliphatic heterocycles. The lowest BCUT2D eigenvalue weighted by atomic mass is 10.1. The van der Waals surface area contributed by atoms with Gasteiger partial charge < -0.3 is 14.2 Å². The Morgan fingerprint density at radius 1 is 1.00 bits per heavy atom. The summed E-state index contributed by atoms with van der Waals surface area (Å²) in [5.41, 5.74) is 6.07. The summed E-state index contributed by atoms with van der Waals surface area (Å²) in [4.78, 5) is 21.2. The molecule has 6 heteroatoms. The van der Waals surface area contributed by atoms with Crippen molar-refractivity contribution in [2.45, 2.75) is 25.9 Å². The minimum absolute atomic E-state index is 0.321. The van der Waals surface area contributed by atoms with Gasteiger partial charge >= 0.3 is 5.97 Å². The molecule has 0 bridgehead atoms. The average Bonchev–Trinajstić information content (AvgIpc) is 3.15. The van der Waals surface area contributed by atoms with Crippen molar-refractivity contribution in [3.63, 3.8) is 0 Å². The van der Waals surface area contributed by atoms with Crippen LogP contribution in [0.2, 0.25) is 0 Å². The maximum Gasteiger partial charge on any atom is 0.335 e. The molecular weight excluding hydrogens is 404 g/mol. The number of hydrogen-bond donors (Lipinski definition) is 0. The highest BCUT2D eigenvalue weighted by atomic mass is 16.6.